The summed E-state index contributed by atoms with van der Waals surface area (Å²) in [5.41, 5.74) is 0. The molecule has 1 aliphatic heterocycles. The van der Waals surface area contributed by atoms with Crippen LogP contribution in [-0.2, 0) is 0 Å². The van der Waals surface area contributed by atoms with Gasteiger partial charge in [0.05, 0.1) is 0 Å². The van der Waals surface area contributed by atoms with Crippen molar-refractivity contribution in [3.63, 3.8) is 0 Å². The summed E-state index contributed by atoms with van der Waals surface area (Å²) in [6.07, 6.45) is 8.30. The Balaban J connectivity index is 2.40. The Bertz CT molecular complexity index is 164. The average Bonchev–Trinajstić information content (AvgIpc) is 2.65. The molecule has 0 saturated carbocycles. The maximum absolute atomic E-state index is 3.70. The van der Waals surface area contributed by atoms with E-state index in [1.54, 1.807) is 0 Å². The van der Waals surface area contributed by atoms with Crippen molar-refractivity contribution in [3.8, 4) is 0 Å². The molecule has 1 rings (SSSR count). The van der Waals surface area contributed by atoms with Gasteiger partial charge >= 0.3 is 0 Å². The molecule has 0 radical (unpaired) electrons. The van der Waals surface area contributed by atoms with Crippen molar-refractivity contribution >= 4 is 11.8 Å². The van der Waals surface area contributed by atoms with Crippen LogP contribution in [0.5, 0.6) is 0 Å². The number of thioether (sulfide) groups is 1. The molecule has 1 fully saturated rings. The molecule has 0 bridgehead atoms. The molecule has 0 aromatic rings. The smallest absolute Gasteiger partial charge is 0.0285 e. The first kappa shape index (κ1) is 13.4. The van der Waals surface area contributed by atoms with Crippen molar-refractivity contribution in [2.24, 2.45) is 0 Å². The lowest BCUT2D eigenvalue weighted by atomic mass is 9.91. The number of unbranched alkanes of at least 4 members (excludes halogenated alkanes) is 2. The second kappa shape index (κ2) is 6.80. The van der Waals surface area contributed by atoms with E-state index in [1.807, 2.05) is 0 Å². The molecular weight excluding hydrogens is 202 g/mol. The SMILES string of the molecule is CCCCCC(NCC)C1(C)CCCS1. The quantitative estimate of drug-likeness (QED) is 0.666. The summed E-state index contributed by atoms with van der Waals surface area (Å²) in [7, 11) is 0. The van der Waals surface area contributed by atoms with E-state index in [-0.39, 0.29) is 0 Å². The molecule has 0 aliphatic carbocycles. The van der Waals surface area contributed by atoms with E-state index in [1.165, 1.54) is 44.3 Å². The lowest BCUT2D eigenvalue weighted by Crippen LogP contribution is -2.45. The van der Waals surface area contributed by atoms with Gasteiger partial charge in [0.15, 0.2) is 0 Å². The molecule has 1 nitrogen and oxygen atoms in total. The minimum absolute atomic E-state index is 0.518. The van der Waals surface area contributed by atoms with Gasteiger partial charge in [-0.3, -0.25) is 0 Å². The van der Waals surface area contributed by atoms with Gasteiger partial charge in [0.1, 0.15) is 0 Å². The topological polar surface area (TPSA) is 12.0 Å². The first-order chi connectivity index (χ1) is 7.23. The van der Waals surface area contributed by atoms with Crippen molar-refractivity contribution < 1.29 is 0 Å². The predicted octanol–water partition coefficient (Wildman–Crippen LogP) is 3.83. The minimum Gasteiger partial charge on any atom is -0.313 e. The van der Waals surface area contributed by atoms with Gasteiger partial charge in [-0.1, -0.05) is 33.1 Å². The molecule has 1 heterocycles. The third-order valence-corrected chi connectivity index (χ3v) is 5.17. The molecule has 90 valence electrons. The Morgan fingerprint density at radius 3 is 2.67 bits per heavy atom. The highest BCUT2D eigenvalue weighted by Crippen LogP contribution is 2.41. The summed E-state index contributed by atoms with van der Waals surface area (Å²) in [6.45, 7) is 8.10. The van der Waals surface area contributed by atoms with E-state index in [0.717, 1.165) is 12.6 Å². The van der Waals surface area contributed by atoms with E-state index >= 15 is 0 Å². The highest BCUT2D eigenvalue weighted by Gasteiger charge is 2.36. The molecule has 1 aliphatic rings. The van der Waals surface area contributed by atoms with Crippen molar-refractivity contribution in [1.82, 2.24) is 5.32 Å². The van der Waals surface area contributed by atoms with Crippen LogP contribution in [0.3, 0.4) is 0 Å². The van der Waals surface area contributed by atoms with Crippen LogP contribution in [0.4, 0.5) is 0 Å². The zero-order valence-corrected chi connectivity index (χ0v) is 11.5. The molecule has 2 atom stereocenters. The van der Waals surface area contributed by atoms with E-state index in [2.05, 4.69) is 37.8 Å². The van der Waals surface area contributed by atoms with E-state index in [0.29, 0.717) is 4.75 Å². The third-order valence-electron chi connectivity index (χ3n) is 3.53. The average molecular weight is 229 g/mol. The predicted molar refractivity (Wildman–Crippen MR) is 71.7 cm³/mol. The molecule has 0 amide bonds. The normalized spacial score (nSPS) is 28.2. The summed E-state index contributed by atoms with van der Waals surface area (Å²) in [5, 5.41) is 3.70. The fourth-order valence-corrected chi connectivity index (χ4v) is 3.99. The lowest BCUT2D eigenvalue weighted by Gasteiger charge is -2.34. The van der Waals surface area contributed by atoms with Crippen molar-refractivity contribution in [2.45, 2.75) is 70.1 Å². The summed E-state index contributed by atoms with van der Waals surface area (Å²) >= 11 is 2.19. The molecule has 2 unspecified atom stereocenters. The molecular formula is C13H27NS. The number of nitrogens with one attached hydrogen (secondary N) is 1. The van der Waals surface area contributed by atoms with Crippen LogP contribution < -0.4 is 5.32 Å². The van der Waals surface area contributed by atoms with Gasteiger partial charge in [-0.15, -0.1) is 0 Å². The maximum atomic E-state index is 3.70. The second-order valence-electron chi connectivity index (χ2n) is 4.87. The standard InChI is InChI=1S/C13H27NS/c1-4-6-7-9-12(14-5-2)13(3)10-8-11-15-13/h12,14H,4-11H2,1-3H3. The Kier molecular flexibility index (Phi) is 6.06. The van der Waals surface area contributed by atoms with Gasteiger partial charge in [0.25, 0.3) is 0 Å². The van der Waals surface area contributed by atoms with Gasteiger partial charge in [0, 0.05) is 10.8 Å². The molecule has 1 N–H and O–H groups in total. The fraction of sp³-hybridized carbons (Fsp3) is 1.00. The largest absolute Gasteiger partial charge is 0.313 e. The first-order valence-corrected chi connectivity index (χ1v) is 7.59. The Hall–Kier alpha value is 0.310. The third kappa shape index (κ3) is 3.99. The van der Waals surface area contributed by atoms with Crippen LogP contribution in [0.25, 0.3) is 0 Å². The molecule has 2 heteroatoms. The van der Waals surface area contributed by atoms with Crippen molar-refractivity contribution in [1.29, 1.82) is 0 Å². The van der Waals surface area contributed by atoms with Crippen LogP contribution in [0.1, 0.15) is 59.3 Å². The van der Waals surface area contributed by atoms with Gasteiger partial charge in [-0.25, -0.2) is 0 Å². The van der Waals surface area contributed by atoms with Gasteiger partial charge in [-0.05, 0) is 38.5 Å². The highest BCUT2D eigenvalue weighted by atomic mass is 32.2. The fourth-order valence-electron chi connectivity index (χ4n) is 2.54. The van der Waals surface area contributed by atoms with Gasteiger partial charge in [0.2, 0.25) is 0 Å². The monoisotopic (exact) mass is 229 g/mol. The van der Waals surface area contributed by atoms with Gasteiger partial charge < -0.3 is 5.32 Å². The Morgan fingerprint density at radius 2 is 2.13 bits per heavy atom. The summed E-state index contributed by atoms with van der Waals surface area (Å²) in [4.78, 5) is 0. The second-order valence-corrected chi connectivity index (χ2v) is 6.50. The minimum atomic E-state index is 0.518. The van der Waals surface area contributed by atoms with Crippen LogP contribution in [0, 0.1) is 0 Å². The summed E-state index contributed by atoms with van der Waals surface area (Å²) < 4.78 is 0.518. The van der Waals surface area contributed by atoms with E-state index in [9.17, 15) is 0 Å². The van der Waals surface area contributed by atoms with Crippen molar-refractivity contribution in [2.75, 3.05) is 12.3 Å². The maximum Gasteiger partial charge on any atom is 0.0285 e. The molecule has 0 aromatic heterocycles. The van der Waals surface area contributed by atoms with Crippen molar-refractivity contribution in [3.05, 3.63) is 0 Å². The lowest BCUT2D eigenvalue weighted by molar-refractivity contribution is 0.375. The van der Waals surface area contributed by atoms with Crippen LogP contribution in [0.2, 0.25) is 0 Å². The summed E-state index contributed by atoms with van der Waals surface area (Å²) in [6, 6.07) is 0.738. The van der Waals surface area contributed by atoms with E-state index in [4.69, 9.17) is 0 Å². The molecule has 0 spiro atoms. The molecule has 15 heavy (non-hydrogen) atoms. The number of hydrogen-bond donors (Lipinski definition) is 1. The Labute approximate surface area is 99.8 Å². The molecule has 0 aromatic carbocycles. The zero-order valence-electron chi connectivity index (χ0n) is 10.6. The van der Waals surface area contributed by atoms with Crippen LogP contribution in [0.15, 0.2) is 0 Å². The first-order valence-electron chi connectivity index (χ1n) is 6.60. The zero-order chi connectivity index (χ0) is 11.1. The number of hydrogen-bond acceptors (Lipinski definition) is 2. The Morgan fingerprint density at radius 1 is 1.33 bits per heavy atom. The van der Waals surface area contributed by atoms with Crippen LogP contribution in [-0.4, -0.2) is 23.1 Å². The number of rotatable bonds is 7. The molecule has 1 saturated heterocycles. The van der Waals surface area contributed by atoms with Crippen LogP contribution >= 0.6 is 11.8 Å². The highest BCUT2D eigenvalue weighted by molar-refractivity contribution is 8.00. The van der Waals surface area contributed by atoms with E-state index < -0.39 is 0 Å². The summed E-state index contributed by atoms with van der Waals surface area (Å²) in [5.74, 6) is 1.37. The van der Waals surface area contributed by atoms with Gasteiger partial charge in [-0.2, -0.15) is 11.8 Å².